The predicted octanol–water partition coefficient (Wildman–Crippen LogP) is 4.33. The van der Waals surface area contributed by atoms with Crippen molar-refractivity contribution in [3.8, 4) is 34.3 Å². The number of ether oxygens (including phenoxy) is 2. The van der Waals surface area contributed by atoms with Gasteiger partial charge in [0.2, 0.25) is 5.76 Å². The fourth-order valence-corrected chi connectivity index (χ4v) is 3.25. The van der Waals surface area contributed by atoms with Crippen molar-refractivity contribution < 1.29 is 23.2 Å². The lowest BCUT2D eigenvalue weighted by Gasteiger charge is -2.08. The van der Waals surface area contributed by atoms with Crippen molar-refractivity contribution in [1.29, 1.82) is 0 Å². The second-order valence-electron chi connectivity index (χ2n) is 5.62. The fraction of sp³-hybridized carbons (Fsp3) is 0.105. The van der Waals surface area contributed by atoms with Crippen LogP contribution in [0.2, 0.25) is 0 Å². The van der Waals surface area contributed by atoms with Crippen molar-refractivity contribution in [2.75, 3.05) is 19.5 Å². The van der Waals surface area contributed by atoms with Gasteiger partial charge in [-0.15, -0.1) is 11.3 Å². The predicted molar refractivity (Wildman–Crippen MR) is 103 cm³/mol. The molecular weight excluding hydrogens is 382 g/mol. The number of thiazole rings is 1. The molecule has 8 nitrogen and oxygen atoms in total. The number of methoxy groups -OCH3 is 2. The molecule has 0 aliphatic heterocycles. The summed E-state index contributed by atoms with van der Waals surface area (Å²) in [4.78, 5) is 16.8. The van der Waals surface area contributed by atoms with E-state index in [2.05, 4.69) is 15.5 Å². The van der Waals surface area contributed by atoms with Gasteiger partial charge < -0.3 is 18.4 Å². The number of hydrogen-bond donors (Lipinski definition) is 1. The van der Waals surface area contributed by atoms with E-state index in [0.717, 1.165) is 5.56 Å². The molecule has 28 heavy (non-hydrogen) atoms. The zero-order valence-corrected chi connectivity index (χ0v) is 15.8. The number of carbonyl (C=O) groups excluding carboxylic acids is 1. The summed E-state index contributed by atoms with van der Waals surface area (Å²) in [6, 6.07) is 10.5. The van der Waals surface area contributed by atoms with Crippen LogP contribution >= 0.6 is 11.3 Å². The van der Waals surface area contributed by atoms with E-state index in [-0.39, 0.29) is 5.69 Å². The van der Waals surface area contributed by atoms with E-state index in [1.165, 1.54) is 23.7 Å². The summed E-state index contributed by atoms with van der Waals surface area (Å²) in [7, 11) is 3.15. The first-order chi connectivity index (χ1) is 13.7. The first-order valence-corrected chi connectivity index (χ1v) is 9.06. The molecule has 4 rings (SSSR count). The van der Waals surface area contributed by atoms with Gasteiger partial charge in [0.25, 0.3) is 5.91 Å². The van der Waals surface area contributed by atoms with Gasteiger partial charge in [0.05, 0.1) is 26.2 Å². The smallest absolute Gasteiger partial charge is 0.279 e. The van der Waals surface area contributed by atoms with Crippen LogP contribution in [0.3, 0.4) is 0 Å². The molecule has 3 aromatic heterocycles. The molecule has 0 spiro atoms. The van der Waals surface area contributed by atoms with E-state index < -0.39 is 5.91 Å². The van der Waals surface area contributed by atoms with Crippen LogP contribution in [0, 0.1) is 0 Å². The topological polar surface area (TPSA) is 99.6 Å². The molecule has 0 aliphatic carbocycles. The number of aromatic nitrogens is 2. The standard InChI is InChI=1S/C19H15N3O5S/c1-24-14-6-5-11(8-16(14)25-2)13-10-28-19(20-13)21-18(23)12-9-17(27-22-12)15-4-3-7-26-15/h3-10H,1-2H3,(H,20,21,23). The van der Waals surface area contributed by atoms with Crippen molar-refractivity contribution in [2.45, 2.75) is 0 Å². The number of nitrogens with one attached hydrogen (secondary N) is 1. The summed E-state index contributed by atoms with van der Waals surface area (Å²) in [5, 5.41) is 8.78. The van der Waals surface area contributed by atoms with Gasteiger partial charge in [0.15, 0.2) is 28.1 Å². The van der Waals surface area contributed by atoms with Crippen LogP contribution in [0.1, 0.15) is 10.5 Å². The van der Waals surface area contributed by atoms with Crippen molar-refractivity contribution in [3.63, 3.8) is 0 Å². The average Bonchev–Trinajstić information content (AvgIpc) is 3.48. The summed E-state index contributed by atoms with van der Waals surface area (Å²) >= 11 is 1.30. The number of rotatable bonds is 6. The number of carbonyl (C=O) groups is 1. The van der Waals surface area contributed by atoms with Crippen LogP contribution in [-0.4, -0.2) is 30.3 Å². The van der Waals surface area contributed by atoms with Crippen molar-refractivity contribution in [3.05, 3.63) is 53.7 Å². The second kappa shape index (κ2) is 7.57. The summed E-state index contributed by atoms with van der Waals surface area (Å²) < 4.78 is 20.9. The molecule has 0 saturated carbocycles. The first kappa shape index (κ1) is 17.8. The number of hydrogen-bond acceptors (Lipinski definition) is 8. The normalized spacial score (nSPS) is 10.6. The Labute approximate surface area is 163 Å². The van der Waals surface area contributed by atoms with Crippen LogP contribution in [0.25, 0.3) is 22.8 Å². The molecule has 0 fully saturated rings. The molecule has 142 valence electrons. The molecule has 1 N–H and O–H groups in total. The van der Waals surface area contributed by atoms with E-state index in [0.29, 0.717) is 33.8 Å². The van der Waals surface area contributed by atoms with Crippen LogP contribution in [0.5, 0.6) is 11.5 Å². The van der Waals surface area contributed by atoms with E-state index in [4.69, 9.17) is 18.4 Å². The highest BCUT2D eigenvalue weighted by Gasteiger charge is 2.17. The molecule has 1 amide bonds. The minimum absolute atomic E-state index is 0.134. The van der Waals surface area contributed by atoms with E-state index in [1.807, 2.05) is 17.5 Å². The van der Waals surface area contributed by atoms with Crippen LogP contribution in [-0.2, 0) is 0 Å². The molecule has 0 unspecified atom stereocenters. The first-order valence-electron chi connectivity index (χ1n) is 8.18. The SMILES string of the molecule is COc1ccc(-c2csc(NC(=O)c3cc(-c4ccco4)on3)n2)cc1OC. The molecule has 0 radical (unpaired) electrons. The van der Waals surface area contributed by atoms with Crippen molar-refractivity contribution in [1.82, 2.24) is 10.1 Å². The number of amides is 1. The molecule has 4 aromatic rings. The molecule has 0 atom stereocenters. The monoisotopic (exact) mass is 397 g/mol. The molecule has 3 heterocycles. The highest BCUT2D eigenvalue weighted by molar-refractivity contribution is 7.14. The Balaban J connectivity index is 1.50. The number of nitrogens with zero attached hydrogens (tertiary/aromatic N) is 2. The maximum Gasteiger partial charge on any atom is 0.279 e. The van der Waals surface area contributed by atoms with Crippen LogP contribution in [0.15, 0.2) is 57.0 Å². The van der Waals surface area contributed by atoms with E-state index >= 15 is 0 Å². The number of anilines is 1. The third kappa shape index (κ3) is 3.47. The van der Waals surface area contributed by atoms with Gasteiger partial charge in [-0.3, -0.25) is 10.1 Å². The van der Waals surface area contributed by atoms with Crippen molar-refractivity contribution >= 4 is 22.4 Å². The minimum atomic E-state index is -0.422. The lowest BCUT2D eigenvalue weighted by Crippen LogP contribution is -2.11. The zero-order valence-electron chi connectivity index (χ0n) is 15.0. The Morgan fingerprint density at radius 1 is 1.11 bits per heavy atom. The third-order valence-corrected chi connectivity index (χ3v) is 4.67. The average molecular weight is 397 g/mol. The van der Waals surface area contributed by atoms with E-state index in [9.17, 15) is 4.79 Å². The Bertz CT molecular complexity index is 1100. The summed E-state index contributed by atoms with van der Waals surface area (Å²) in [5.74, 6) is 1.69. The Kier molecular flexibility index (Phi) is 4.81. The summed E-state index contributed by atoms with van der Waals surface area (Å²) in [5.41, 5.74) is 1.68. The fourth-order valence-electron chi connectivity index (χ4n) is 2.54. The maximum atomic E-state index is 12.4. The quantitative estimate of drug-likeness (QED) is 0.517. The van der Waals surface area contributed by atoms with Gasteiger partial charge in [-0.05, 0) is 30.3 Å². The van der Waals surface area contributed by atoms with Crippen LogP contribution in [0.4, 0.5) is 5.13 Å². The van der Waals surface area contributed by atoms with Gasteiger partial charge in [-0.25, -0.2) is 4.98 Å². The Morgan fingerprint density at radius 3 is 2.71 bits per heavy atom. The lowest BCUT2D eigenvalue weighted by molar-refractivity contribution is 0.101. The minimum Gasteiger partial charge on any atom is -0.493 e. The molecular formula is C19H15N3O5S. The largest absolute Gasteiger partial charge is 0.493 e. The summed E-state index contributed by atoms with van der Waals surface area (Å²) in [6.07, 6.45) is 1.52. The van der Waals surface area contributed by atoms with Gasteiger partial charge in [0.1, 0.15) is 0 Å². The Morgan fingerprint density at radius 2 is 1.96 bits per heavy atom. The number of benzene rings is 1. The van der Waals surface area contributed by atoms with E-state index in [1.54, 1.807) is 32.4 Å². The van der Waals surface area contributed by atoms with Gasteiger partial charge in [0, 0.05) is 17.0 Å². The highest BCUT2D eigenvalue weighted by atomic mass is 32.1. The Hall–Kier alpha value is -3.59. The highest BCUT2D eigenvalue weighted by Crippen LogP contribution is 2.33. The van der Waals surface area contributed by atoms with Gasteiger partial charge >= 0.3 is 0 Å². The molecule has 0 bridgehead atoms. The van der Waals surface area contributed by atoms with Crippen molar-refractivity contribution in [2.24, 2.45) is 0 Å². The number of furan rings is 1. The van der Waals surface area contributed by atoms with Gasteiger partial charge in [-0.2, -0.15) is 0 Å². The zero-order chi connectivity index (χ0) is 19.5. The lowest BCUT2D eigenvalue weighted by atomic mass is 10.1. The third-order valence-electron chi connectivity index (χ3n) is 3.91. The molecule has 0 aliphatic rings. The summed E-state index contributed by atoms with van der Waals surface area (Å²) in [6.45, 7) is 0. The molecule has 0 saturated heterocycles. The second-order valence-corrected chi connectivity index (χ2v) is 6.47. The van der Waals surface area contributed by atoms with Gasteiger partial charge in [-0.1, -0.05) is 5.16 Å². The molecule has 9 heteroatoms. The van der Waals surface area contributed by atoms with Crippen LogP contribution < -0.4 is 14.8 Å². The maximum absolute atomic E-state index is 12.4. The molecule has 1 aromatic carbocycles.